The van der Waals surface area contributed by atoms with Crippen molar-refractivity contribution in [2.24, 2.45) is 68.0 Å². The molecule has 2 N–H and O–H groups in total. The standard InChI is InChI=1S/C50H76ClFN2O3/c1-33(2)37-18-25-50(42(55)31-54(29-28-53(8)9)30-34-10-12-36(51)13-11-34)27-26-47(6)39(43(37)50)14-15-41-46(5)21-19-38(45(3,4)40(46)20-22-48(41,47)7)35-16-23-49(32-52,24-17-35)44(56)57/h10-13,16,19,33,37,39-43,55H,14-15,17-18,20-32H2,1-9H3,(H,56,57)/t37?,39-,40+,41-,42-,43-,46+,47-,48-,49+,50-/m1/s1. The Morgan fingerprint density at radius 3 is 2.21 bits per heavy atom. The van der Waals surface area contributed by atoms with E-state index in [2.05, 4.69) is 96.6 Å². The summed E-state index contributed by atoms with van der Waals surface area (Å²) >= 11 is 6.27. The molecule has 0 amide bonds. The molecule has 1 aromatic carbocycles. The molecule has 4 fully saturated rings. The lowest BCUT2D eigenvalue weighted by molar-refractivity contribution is -0.239. The summed E-state index contributed by atoms with van der Waals surface area (Å²) in [5.41, 5.74) is 3.22. The van der Waals surface area contributed by atoms with Gasteiger partial charge in [-0.15, -0.1) is 0 Å². The Kier molecular flexibility index (Phi) is 11.9. The summed E-state index contributed by atoms with van der Waals surface area (Å²) in [6.07, 6.45) is 16.4. The van der Waals surface area contributed by atoms with Crippen LogP contribution in [0.5, 0.6) is 0 Å². The molecule has 1 aromatic rings. The number of likely N-dealkylation sites (N-methyl/N-ethyl adjacent to an activating group) is 1. The first-order chi connectivity index (χ1) is 26.8. The summed E-state index contributed by atoms with van der Waals surface area (Å²) < 4.78 is 14.1. The van der Waals surface area contributed by atoms with Crippen LogP contribution in [0.3, 0.4) is 0 Å². The Morgan fingerprint density at radius 1 is 0.877 bits per heavy atom. The van der Waals surface area contributed by atoms with Crippen molar-refractivity contribution < 1.29 is 19.4 Å². The van der Waals surface area contributed by atoms with Crippen LogP contribution in [0, 0.1) is 68.0 Å². The highest BCUT2D eigenvalue weighted by Crippen LogP contribution is 2.78. The van der Waals surface area contributed by atoms with Crippen LogP contribution in [0.15, 0.2) is 47.6 Å². The molecule has 5 nitrogen and oxygen atoms in total. The third-order valence-electron chi connectivity index (χ3n) is 18.9. The Labute approximate surface area is 350 Å². The van der Waals surface area contributed by atoms with Gasteiger partial charge in [-0.3, -0.25) is 9.69 Å². The lowest BCUT2D eigenvalue weighted by Gasteiger charge is -2.73. The van der Waals surface area contributed by atoms with Crippen molar-refractivity contribution in [2.75, 3.05) is 40.4 Å². The number of allylic oxidation sites excluding steroid dienone is 4. The van der Waals surface area contributed by atoms with Gasteiger partial charge in [0.2, 0.25) is 0 Å². The fourth-order valence-corrected chi connectivity index (χ4v) is 15.7. The zero-order chi connectivity index (χ0) is 41.3. The highest BCUT2D eigenvalue weighted by molar-refractivity contribution is 6.30. The molecule has 0 aliphatic heterocycles. The maximum Gasteiger partial charge on any atom is 0.312 e. The van der Waals surface area contributed by atoms with Gasteiger partial charge in [-0.1, -0.05) is 84.4 Å². The molecule has 4 saturated carbocycles. The van der Waals surface area contributed by atoms with Crippen LogP contribution >= 0.6 is 11.6 Å². The van der Waals surface area contributed by atoms with E-state index in [0.717, 1.165) is 43.9 Å². The number of aliphatic hydroxyl groups is 1. The second kappa shape index (κ2) is 15.6. The first kappa shape index (κ1) is 43.4. The first-order valence-corrected chi connectivity index (χ1v) is 23.1. The van der Waals surface area contributed by atoms with E-state index in [-0.39, 0.29) is 39.6 Å². The van der Waals surface area contributed by atoms with E-state index >= 15 is 0 Å². The van der Waals surface area contributed by atoms with Gasteiger partial charge in [0, 0.05) is 36.6 Å². The Balaban J connectivity index is 1.16. The van der Waals surface area contributed by atoms with Crippen molar-refractivity contribution in [3.8, 4) is 0 Å². The molecule has 11 atom stereocenters. The number of rotatable bonds is 12. The smallest absolute Gasteiger partial charge is 0.312 e. The van der Waals surface area contributed by atoms with Crippen molar-refractivity contribution in [3.05, 3.63) is 58.1 Å². The molecule has 0 aromatic heterocycles. The van der Waals surface area contributed by atoms with E-state index in [1.54, 1.807) is 0 Å². The Hall–Kier alpha value is -1.73. The number of aliphatic hydroxyl groups excluding tert-OH is 1. The normalized spacial score (nSPS) is 40.5. The van der Waals surface area contributed by atoms with E-state index in [4.69, 9.17) is 11.6 Å². The molecule has 0 radical (unpaired) electrons. The largest absolute Gasteiger partial charge is 0.481 e. The average molecular weight is 808 g/mol. The average Bonchev–Trinajstić information content (AvgIpc) is 3.56. The molecule has 1 unspecified atom stereocenters. The number of carboxylic acids is 1. The number of carbonyl (C=O) groups is 1. The summed E-state index contributed by atoms with van der Waals surface area (Å²) in [5, 5.41) is 23.4. The topological polar surface area (TPSA) is 64.0 Å². The molecule has 0 heterocycles. The lowest BCUT2D eigenvalue weighted by Crippen LogP contribution is -2.66. The van der Waals surface area contributed by atoms with Crippen molar-refractivity contribution in [1.82, 2.24) is 9.80 Å². The Bertz CT molecular complexity index is 1710. The van der Waals surface area contributed by atoms with Crippen LogP contribution in [0.4, 0.5) is 4.39 Å². The van der Waals surface area contributed by atoms with Gasteiger partial charge in [0.15, 0.2) is 0 Å². The van der Waals surface area contributed by atoms with Crippen molar-refractivity contribution in [1.29, 1.82) is 0 Å². The van der Waals surface area contributed by atoms with Crippen LogP contribution in [-0.4, -0.2) is 72.5 Å². The van der Waals surface area contributed by atoms with Gasteiger partial charge >= 0.3 is 5.97 Å². The van der Waals surface area contributed by atoms with E-state index in [1.807, 2.05) is 12.1 Å². The second-order valence-electron chi connectivity index (χ2n) is 22.3. The number of alkyl halides is 1. The monoisotopic (exact) mass is 807 g/mol. The highest BCUT2D eigenvalue weighted by atomic mass is 35.5. The molecule has 0 saturated heterocycles. The minimum atomic E-state index is -1.26. The van der Waals surface area contributed by atoms with Gasteiger partial charge in [-0.25, -0.2) is 4.39 Å². The fraction of sp³-hybridized carbons (Fsp3) is 0.780. The van der Waals surface area contributed by atoms with Gasteiger partial charge in [0.25, 0.3) is 0 Å². The SMILES string of the molecule is CC(C)C1CC[C@]2([C@H](O)CN(CCN(C)C)Cc3ccc(Cl)cc3)CC[C@]3(C)[C@H](CC[C@@H]4[C@@]5(C)CC=C(C6=CC[C@](CF)(C(=O)O)CC6)C(C)(C)[C@@H]5CC[C@]43C)[C@@H]12. The summed E-state index contributed by atoms with van der Waals surface area (Å²) in [5.74, 6) is 2.58. The number of hydrogen-bond donors (Lipinski definition) is 2. The molecule has 57 heavy (non-hydrogen) atoms. The quantitative estimate of drug-likeness (QED) is 0.220. The predicted octanol–water partition coefficient (Wildman–Crippen LogP) is 11.5. The van der Waals surface area contributed by atoms with Gasteiger partial charge < -0.3 is 15.1 Å². The summed E-state index contributed by atoms with van der Waals surface area (Å²) in [6.45, 7) is 20.5. The van der Waals surface area contributed by atoms with E-state index in [1.165, 1.54) is 55.2 Å². The number of benzene rings is 1. The van der Waals surface area contributed by atoms with E-state index < -0.39 is 18.1 Å². The number of fused-ring (bicyclic) bond motifs is 7. The van der Waals surface area contributed by atoms with Crippen LogP contribution in [-0.2, 0) is 11.3 Å². The van der Waals surface area contributed by atoms with Gasteiger partial charge in [-0.2, -0.15) is 0 Å². The van der Waals surface area contributed by atoms with Crippen LogP contribution in [0.1, 0.15) is 131 Å². The summed E-state index contributed by atoms with van der Waals surface area (Å²) in [4.78, 5) is 16.8. The molecule has 6 aliphatic rings. The molecule has 6 aliphatic carbocycles. The van der Waals surface area contributed by atoms with E-state index in [9.17, 15) is 19.4 Å². The zero-order valence-corrected chi connectivity index (χ0v) is 37.7. The fourth-order valence-electron chi connectivity index (χ4n) is 15.5. The predicted molar refractivity (Wildman–Crippen MR) is 232 cm³/mol. The van der Waals surface area contributed by atoms with Crippen molar-refractivity contribution >= 4 is 17.6 Å². The Morgan fingerprint density at radius 2 is 1.60 bits per heavy atom. The van der Waals surface area contributed by atoms with Gasteiger partial charge in [0.05, 0.1) is 11.5 Å². The maximum absolute atomic E-state index is 14.1. The number of halogens is 2. The summed E-state index contributed by atoms with van der Waals surface area (Å²) in [6, 6.07) is 8.26. The zero-order valence-electron chi connectivity index (χ0n) is 37.0. The molecular weight excluding hydrogens is 731 g/mol. The molecular formula is C50H76ClFN2O3. The highest BCUT2D eigenvalue weighted by Gasteiger charge is 2.71. The van der Waals surface area contributed by atoms with Crippen LogP contribution < -0.4 is 0 Å². The third-order valence-corrected chi connectivity index (χ3v) is 19.2. The van der Waals surface area contributed by atoms with Gasteiger partial charge in [0.1, 0.15) is 6.67 Å². The molecule has 0 spiro atoms. The van der Waals surface area contributed by atoms with Crippen LogP contribution in [0.2, 0.25) is 5.02 Å². The molecule has 318 valence electrons. The third kappa shape index (κ3) is 7.03. The lowest BCUT2D eigenvalue weighted by atomic mass is 9.32. The van der Waals surface area contributed by atoms with Crippen molar-refractivity contribution in [2.45, 2.75) is 138 Å². The van der Waals surface area contributed by atoms with E-state index in [0.29, 0.717) is 54.9 Å². The molecule has 7 rings (SSSR count). The molecule has 7 heteroatoms. The minimum absolute atomic E-state index is 0.0264. The minimum Gasteiger partial charge on any atom is -0.481 e. The molecule has 0 bridgehead atoms. The van der Waals surface area contributed by atoms with Crippen molar-refractivity contribution in [3.63, 3.8) is 0 Å². The van der Waals surface area contributed by atoms with Gasteiger partial charge in [-0.05, 0) is 177 Å². The maximum atomic E-state index is 14.1. The number of carboxylic acid groups (broad SMARTS) is 1. The number of hydrogen-bond acceptors (Lipinski definition) is 4. The summed E-state index contributed by atoms with van der Waals surface area (Å²) in [7, 11) is 4.28. The number of aliphatic carboxylic acids is 1. The number of nitrogens with zero attached hydrogens (tertiary/aromatic N) is 2. The first-order valence-electron chi connectivity index (χ1n) is 22.8. The van der Waals surface area contributed by atoms with Crippen LogP contribution in [0.25, 0.3) is 0 Å². The second-order valence-corrected chi connectivity index (χ2v) is 22.7.